The molecule has 0 saturated heterocycles. The first-order valence-corrected chi connectivity index (χ1v) is 9.17. The number of hydrogen-bond donors (Lipinski definition) is 0. The maximum Gasteiger partial charge on any atom is 0.257 e. The van der Waals surface area contributed by atoms with E-state index in [1.54, 1.807) is 18.6 Å². The van der Waals surface area contributed by atoms with Gasteiger partial charge in [0.15, 0.2) is 0 Å². The van der Waals surface area contributed by atoms with Crippen LogP contribution in [-0.2, 0) is 4.74 Å². The van der Waals surface area contributed by atoms with Gasteiger partial charge in [-0.3, -0.25) is 4.79 Å². The van der Waals surface area contributed by atoms with Crippen molar-refractivity contribution >= 4 is 5.91 Å². The lowest BCUT2D eigenvalue weighted by Crippen LogP contribution is -2.66. The number of furan rings is 1. The first-order valence-electron chi connectivity index (χ1n) is 9.17. The van der Waals surface area contributed by atoms with Crippen LogP contribution in [0.2, 0.25) is 0 Å². The molecule has 0 N–H and O–H groups in total. The molecule has 4 nitrogen and oxygen atoms in total. The standard InChI is InChI=1S/C19H29NO3/c1-3-11-20(18(21)15-8-12-22-14-15)16-13-17(23-4-2)19(16)9-6-5-7-10-19/h8,12,14,16-17H,3-7,9-11,13H2,1-2H3. The predicted molar refractivity (Wildman–Crippen MR) is 89.4 cm³/mol. The smallest absolute Gasteiger partial charge is 0.257 e. The molecule has 2 saturated carbocycles. The maximum absolute atomic E-state index is 12.9. The fraction of sp³-hybridized carbons (Fsp3) is 0.737. The van der Waals surface area contributed by atoms with Crippen molar-refractivity contribution in [2.45, 2.75) is 70.9 Å². The van der Waals surface area contributed by atoms with Crippen LogP contribution in [-0.4, -0.2) is 36.1 Å². The van der Waals surface area contributed by atoms with Gasteiger partial charge >= 0.3 is 0 Å². The number of amides is 1. The van der Waals surface area contributed by atoms with E-state index in [0.717, 1.165) is 26.0 Å². The van der Waals surface area contributed by atoms with E-state index in [1.165, 1.54) is 32.1 Å². The Morgan fingerprint density at radius 1 is 1.35 bits per heavy atom. The van der Waals surface area contributed by atoms with Crippen LogP contribution >= 0.6 is 0 Å². The van der Waals surface area contributed by atoms with Crippen molar-refractivity contribution in [2.75, 3.05) is 13.2 Å². The second-order valence-corrected chi connectivity index (χ2v) is 7.00. The van der Waals surface area contributed by atoms with Gasteiger partial charge in [-0.25, -0.2) is 0 Å². The Morgan fingerprint density at radius 2 is 2.13 bits per heavy atom. The molecule has 2 fully saturated rings. The molecular formula is C19H29NO3. The molecule has 1 aromatic rings. The van der Waals surface area contributed by atoms with E-state index < -0.39 is 0 Å². The molecule has 128 valence electrons. The van der Waals surface area contributed by atoms with Gasteiger partial charge in [-0.1, -0.05) is 26.2 Å². The van der Waals surface area contributed by atoms with Gasteiger partial charge in [0, 0.05) is 24.6 Å². The molecule has 2 unspecified atom stereocenters. The van der Waals surface area contributed by atoms with E-state index in [1.807, 2.05) is 0 Å². The summed E-state index contributed by atoms with van der Waals surface area (Å²) in [6, 6.07) is 2.10. The Balaban J connectivity index is 1.82. The Hall–Kier alpha value is -1.29. The lowest BCUT2D eigenvalue weighted by atomic mass is 9.54. The first-order chi connectivity index (χ1) is 11.2. The highest BCUT2D eigenvalue weighted by atomic mass is 16.5. The minimum Gasteiger partial charge on any atom is -0.472 e. The summed E-state index contributed by atoms with van der Waals surface area (Å²) in [6.45, 7) is 5.80. The van der Waals surface area contributed by atoms with Gasteiger partial charge in [-0.2, -0.15) is 0 Å². The van der Waals surface area contributed by atoms with E-state index in [2.05, 4.69) is 18.7 Å². The molecule has 23 heavy (non-hydrogen) atoms. The van der Waals surface area contributed by atoms with Crippen LogP contribution in [0, 0.1) is 5.41 Å². The fourth-order valence-corrected chi connectivity index (χ4v) is 4.66. The monoisotopic (exact) mass is 319 g/mol. The maximum atomic E-state index is 12.9. The Bertz CT molecular complexity index is 505. The SMILES string of the molecule is CCCN(C(=O)c1ccoc1)C1CC(OCC)C12CCCCC2. The summed E-state index contributed by atoms with van der Waals surface area (Å²) >= 11 is 0. The van der Waals surface area contributed by atoms with Crippen molar-refractivity contribution in [3.8, 4) is 0 Å². The lowest BCUT2D eigenvalue weighted by Gasteiger charge is -2.60. The fourth-order valence-electron chi connectivity index (χ4n) is 4.66. The van der Waals surface area contributed by atoms with Gasteiger partial charge in [0.1, 0.15) is 6.26 Å². The molecule has 0 radical (unpaired) electrons. The topological polar surface area (TPSA) is 42.7 Å². The predicted octanol–water partition coefficient (Wildman–Crippen LogP) is 4.26. The average molecular weight is 319 g/mol. The molecule has 2 aliphatic carbocycles. The van der Waals surface area contributed by atoms with E-state index in [-0.39, 0.29) is 11.3 Å². The van der Waals surface area contributed by atoms with Gasteiger partial charge in [-0.05, 0) is 38.7 Å². The second-order valence-electron chi connectivity index (χ2n) is 7.00. The number of ether oxygens (including phenoxy) is 1. The van der Waals surface area contributed by atoms with Gasteiger partial charge in [-0.15, -0.1) is 0 Å². The minimum atomic E-state index is 0.116. The zero-order valence-electron chi connectivity index (χ0n) is 14.4. The van der Waals surface area contributed by atoms with Crippen LogP contribution < -0.4 is 0 Å². The molecule has 0 aromatic carbocycles. The number of rotatable bonds is 6. The third-order valence-electron chi connectivity index (χ3n) is 5.76. The second kappa shape index (κ2) is 7.08. The number of nitrogens with zero attached hydrogens (tertiary/aromatic N) is 1. The van der Waals surface area contributed by atoms with Crippen LogP contribution in [0.1, 0.15) is 69.2 Å². The summed E-state index contributed by atoms with van der Waals surface area (Å²) in [5.41, 5.74) is 0.854. The van der Waals surface area contributed by atoms with Gasteiger partial charge < -0.3 is 14.1 Å². The van der Waals surface area contributed by atoms with E-state index in [0.29, 0.717) is 17.7 Å². The molecule has 2 atom stereocenters. The molecule has 2 aliphatic rings. The molecule has 1 spiro atoms. The van der Waals surface area contributed by atoms with Crippen molar-refractivity contribution in [3.63, 3.8) is 0 Å². The molecule has 0 bridgehead atoms. The third kappa shape index (κ3) is 2.93. The van der Waals surface area contributed by atoms with Crippen molar-refractivity contribution < 1.29 is 13.9 Å². The molecule has 1 aromatic heterocycles. The zero-order chi connectivity index (χ0) is 16.3. The number of hydrogen-bond acceptors (Lipinski definition) is 3. The summed E-state index contributed by atoms with van der Waals surface area (Å²) in [4.78, 5) is 15.0. The molecule has 1 amide bonds. The summed E-state index contributed by atoms with van der Waals surface area (Å²) < 4.78 is 11.2. The van der Waals surface area contributed by atoms with Crippen molar-refractivity contribution in [3.05, 3.63) is 24.2 Å². The molecule has 3 rings (SSSR count). The Labute approximate surface area is 139 Å². The van der Waals surface area contributed by atoms with Crippen molar-refractivity contribution in [1.29, 1.82) is 0 Å². The molecule has 4 heteroatoms. The highest BCUT2D eigenvalue weighted by molar-refractivity contribution is 5.94. The molecule has 0 aliphatic heterocycles. The zero-order valence-corrected chi connectivity index (χ0v) is 14.4. The Kier molecular flexibility index (Phi) is 5.10. The van der Waals surface area contributed by atoms with E-state index in [4.69, 9.17) is 9.15 Å². The van der Waals surface area contributed by atoms with Crippen LogP contribution in [0.5, 0.6) is 0 Å². The lowest BCUT2D eigenvalue weighted by molar-refractivity contribution is -0.174. The van der Waals surface area contributed by atoms with Crippen molar-refractivity contribution in [2.24, 2.45) is 5.41 Å². The van der Waals surface area contributed by atoms with Gasteiger partial charge in [0.2, 0.25) is 0 Å². The van der Waals surface area contributed by atoms with Crippen LogP contribution in [0.25, 0.3) is 0 Å². The van der Waals surface area contributed by atoms with Crippen LogP contribution in [0.3, 0.4) is 0 Å². The summed E-state index contributed by atoms with van der Waals surface area (Å²) in [7, 11) is 0. The van der Waals surface area contributed by atoms with Gasteiger partial charge in [0.05, 0.1) is 17.9 Å². The Morgan fingerprint density at radius 3 is 2.74 bits per heavy atom. The van der Waals surface area contributed by atoms with E-state index in [9.17, 15) is 4.79 Å². The molecule has 1 heterocycles. The summed E-state index contributed by atoms with van der Waals surface area (Å²) in [5.74, 6) is 0.116. The van der Waals surface area contributed by atoms with Crippen LogP contribution in [0.4, 0.5) is 0 Å². The quantitative estimate of drug-likeness (QED) is 0.787. The molecular weight excluding hydrogens is 290 g/mol. The number of carbonyl (C=O) groups excluding carboxylic acids is 1. The normalized spacial score (nSPS) is 26.0. The summed E-state index contributed by atoms with van der Waals surface area (Å²) in [6.07, 6.45) is 11.7. The minimum absolute atomic E-state index is 0.116. The van der Waals surface area contributed by atoms with E-state index >= 15 is 0 Å². The first kappa shape index (κ1) is 16.6. The highest BCUT2D eigenvalue weighted by Gasteiger charge is 2.58. The average Bonchev–Trinajstić information content (AvgIpc) is 3.11. The van der Waals surface area contributed by atoms with Gasteiger partial charge in [0.25, 0.3) is 5.91 Å². The van der Waals surface area contributed by atoms with Crippen molar-refractivity contribution in [1.82, 2.24) is 4.90 Å². The third-order valence-corrected chi connectivity index (χ3v) is 5.76. The summed E-state index contributed by atoms with van der Waals surface area (Å²) in [5, 5.41) is 0. The largest absolute Gasteiger partial charge is 0.472 e. The van der Waals surface area contributed by atoms with Crippen LogP contribution in [0.15, 0.2) is 23.0 Å². The highest BCUT2D eigenvalue weighted by Crippen LogP contribution is 2.55. The number of carbonyl (C=O) groups is 1.